The molecule has 1 aliphatic rings. The number of para-hydroxylation sites is 1. The Labute approximate surface area is 164 Å². The van der Waals surface area contributed by atoms with Gasteiger partial charge >= 0.3 is 0 Å². The third-order valence-corrected chi connectivity index (χ3v) is 5.98. The predicted octanol–water partition coefficient (Wildman–Crippen LogP) is 3.49. The van der Waals surface area contributed by atoms with E-state index in [4.69, 9.17) is 4.98 Å². The zero-order chi connectivity index (χ0) is 19.7. The Morgan fingerprint density at radius 2 is 1.79 bits per heavy atom. The Morgan fingerprint density at radius 1 is 1.04 bits per heavy atom. The van der Waals surface area contributed by atoms with E-state index in [9.17, 15) is 13.2 Å². The Morgan fingerprint density at radius 3 is 2.54 bits per heavy atom. The summed E-state index contributed by atoms with van der Waals surface area (Å²) >= 11 is 0. The van der Waals surface area contributed by atoms with E-state index in [-0.39, 0.29) is 10.8 Å². The van der Waals surface area contributed by atoms with Crippen molar-refractivity contribution >= 4 is 38.2 Å². The SMILES string of the molecule is CS(=O)(=O)c1cccc(NC(=O)c2cc3ccccc3nc2N2CCCC2)c1. The molecule has 1 saturated heterocycles. The molecule has 0 aliphatic carbocycles. The smallest absolute Gasteiger partial charge is 0.259 e. The normalized spacial score (nSPS) is 14.4. The molecule has 1 aliphatic heterocycles. The quantitative estimate of drug-likeness (QED) is 0.731. The van der Waals surface area contributed by atoms with Gasteiger partial charge in [0.05, 0.1) is 16.0 Å². The molecular weight excluding hydrogens is 374 g/mol. The molecule has 4 rings (SSSR count). The second-order valence-corrected chi connectivity index (χ2v) is 9.02. The second-order valence-electron chi connectivity index (χ2n) is 7.00. The lowest BCUT2D eigenvalue weighted by molar-refractivity contribution is 0.102. The molecule has 0 atom stereocenters. The van der Waals surface area contributed by atoms with E-state index in [2.05, 4.69) is 10.2 Å². The van der Waals surface area contributed by atoms with E-state index in [1.165, 1.54) is 12.1 Å². The Bertz CT molecular complexity index is 1150. The number of nitrogens with zero attached hydrogens (tertiary/aromatic N) is 2. The van der Waals surface area contributed by atoms with Gasteiger partial charge in [-0.3, -0.25) is 4.79 Å². The molecule has 2 heterocycles. The average molecular weight is 395 g/mol. The molecule has 7 heteroatoms. The summed E-state index contributed by atoms with van der Waals surface area (Å²) in [5.41, 5.74) is 1.78. The minimum atomic E-state index is -3.35. The molecule has 1 aromatic heterocycles. The summed E-state index contributed by atoms with van der Waals surface area (Å²) in [4.78, 5) is 20.1. The zero-order valence-electron chi connectivity index (χ0n) is 15.6. The summed E-state index contributed by atoms with van der Waals surface area (Å²) in [7, 11) is -3.35. The van der Waals surface area contributed by atoms with Crippen molar-refractivity contribution in [3.05, 3.63) is 60.2 Å². The molecule has 0 saturated carbocycles. The molecule has 2 aromatic carbocycles. The number of pyridine rings is 1. The molecule has 0 spiro atoms. The zero-order valence-corrected chi connectivity index (χ0v) is 16.4. The average Bonchev–Trinajstić information content (AvgIpc) is 3.21. The van der Waals surface area contributed by atoms with Crippen molar-refractivity contribution in [2.24, 2.45) is 0 Å². The molecule has 28 heavy (non-hydrogen) atoms. The first-order chi connectivity index (χ1) is 13.4. The molecule has 0 bridgehead atoms. The van der Waals surface area contributed by atoms with Crippen molar-refractivity contribution < 1.29 is 13.2 Å². The molecule has 3 aromatic rings. The molecule has 1 amide bonds. The van der Waals surface area contributed by atoms with Crippen molar-refractivity contribution in [3.8, 4) is 0 Å². The van der Waals surface area contributed by atoms with Gasteiger partial charge in [0.1, 0.15) is 5.82 Å². The molecular formula is C21H21N3O3S. The first-order valence-corrected chi connectivity index (χ1v) is 11.1. The van der Waals surface area contributed by atoms with Crippen molar-refractivity contribution in [2.45, 2.75) is 17.7 Å². The number of hydrogen-bond donors (Lipinski definition) is 1. The first kappa shape index (κ1) is 18.4. The van der Waals surface area contributed by atoms with Crippen LogP contribution < -0.4 is 10.2 Å². The summed E-state index contributed by atoms with van der Waals surface area (Å²) in [6, 6.07) is 15.8. The summed E-state index contributed by atoms with van der Waals surface area (Å²) in [5.74, 6) is 0.374. The molecule has 1 fully saturated rings. The van der Waals surface area contributed by atoms with Gasteiger partial charge in [-0.2, -0.15) is 0 Å². The summed E-state index contributed by atoms with van der Waals surface area (Å²) in [6.07, 6.45) is 3.30. The maximum absolute atomic E-state index is 13.1. The van der Waals surface area contributed by atoms with Crippen LogP contribution in [0.2, 0.25) is 0 Å². The van der Waals surface area contributed by atoms with Crippen LogP contribution in [0.5, 0.6) is 0 Å². The molecule has 6 nitrogen and oxygen atoms in total. The maximum Gasteiger partial charge on any atom is 0.259 e. The molecule has 1 N–H and O–H groups in total. The highest BCUT2D eigenvalue weighted by Crippen LogP contribution is 2.27. The third kappa shape index (κ3) is 3.71. The van der Waals surface area contributed by atoms with Gasteiger partial charge in [0, 0.05) is 30.4 Å². The van der Waals surface area contributed by atoms with E-state index in [0.29, 0.717) is 17.1 Å². The van der Waals surface area contributed by atoms with Crippen LogP contribution >= 0.6 is 0 Å². The third-order valence-electron chi connectivity index (χ3n) is 4.87. The van der Waals surface area contributed by atoms with E-state index in [1.54, 1.807) is 12.1 Å². The van der Waals surface area contributed by atoms with Crippen LogP contribution in [-0.4, -0.2) is 38.7 Å². The van der Waals surface area contributed by atoms with Crippen LogP contribution in [0.4, 0.5) is 11.5 Å². The van der Waals surface area contributed by atoms with Crippen molar-refractivity contribution in [3.63, 3.8) is 0 Å². The van der Waals surface area contributed by atoms with Crippen molar-refractivity contribution in [1.29, 1.82) is 0 Å². The number of aromatic nitrogens is 1. The lowest BCUT2D eigenvalue weighted by Gasteiger charge is -2.20. The van der Waals surface area contributed by atoms with Crippen LogP contribution in [0.1, 0.15) is 23.2 Å². The summed E-state index contributed by atoms with van der Waals surface area (Å²) < 4.78 is 23.6. The largest absolute Gasteiger partial charge is 0.356 e. The van der Waals surface area contributed by atoms with Gasteiger partial charge in [-0.15, -0.1) is 0 Å². The molecule has 0 unspecified atom stereocenters. The standard InChI is InChI=1S/C21H21N3O3S/c1-28(26,27)17-9-6-8-16(14-17)22-21(25)18-13-15-7-2-3-10-19(15)23-20(18)24-11-4-5-12-24/h2-3,6-10,13-14H,4-5,11-12H2,1H3,(H,22,25). The number of carbonyl (C=O) groups is 1. The highest BCUT2D eigenvalue weighted by molar-refractivity contribution is 7.90. The van der Waals surface area contributed by atoms with Crippen LogP contribution in [0, 0.1) is 0 Å². The number of hydrogen-bond acceptors (Lipinski definition) is 5. The monoisotopic (exact) mass is 395 g/mol. The van der Waals surface area contributed by atoms with Gasteiger partial charge < -0.3 is 10.2 Å². The molecule has 144 valence electrons. The summed E-state index contributed by atoms with van der Waals surface area (Å²) in [6.45, 7) is 1.74. The fourth-order valence-electron chi connectivity index (χ4n) is 3.45. The number of nitrogens with one attached hydrogen (secondary N) is 1. The Hall–Kier alpha value is -2.93. The van der Waals surface area contributed by atoms with Gasteiger partial charge in [-0.25, -0.2) is 13.4 Å². The fourth-order valence-corrected chi connectivity index (χ4v) is 4.11. The van der Waals surface area contributed by atoms with Crippen LogP contribution in [0.15, 0.2) is 59.5 Å². The second kappa shape index (κ2) is 7.24. The van der Waals surface area contributed by atoms with E-state index in [1.807, 2.05) is 30.3 Å². The van der Waals surface area contributed by atoms with Crippen LogP contribution in [0.25, 0.3) is 10.9 Å². The predicted molar refractivity (Wildman–Crippen MR) is 111 cm³/mol. The number of anilines is 2. The number of carbonyl (C=O) groups excluding carboxylic acids is 1. The van der Waals surface area contributed by atoms with Gasteiger partial charge in [0.2, 0.25) is 0 Å². The first-order valence-electron chi connectivity index (χ1n) is 9.18. The molecule has 0 radical (unpaired) electrons. The van der Waals surface area contributed by atoms with Gasteiger partial charge in [-0.05, 0) is 43.2 Å². The number of rotatable bonds is 4. The van der Waals surface area contributed by atoms with Crippen LogP contribution in [0.3, 0.4) is 0 Å². The van der Waals surface area contributed by atoms with Crippen molar-refractivity contribution in [2.75, 3.05) is 29.6 Å². The highest BCUT2D eigenvalue weighted by Gasteiger charge is 2.22. The lowest BCUT2D eigenvalue weighted by Crippen LogP contribution is -2.24. The highest BCUT2D eigenvalue weighted by atomic mass is 32.2. The number of amides is 1. The number of fused-ring (bicyclic) bond motifs is 1. The van der Waals surface area contributed by atoms with Crippen molar-refractivity contribution in [1.82, 2.24) is 4.98 Å². The fraction of sp³-hybridized carbons (Fsp3) is 0.238. The van der Waals surface area contributed by atoms with Gasteiger partial charge in [-0.1, -0.05) is 24.3 Å². The number of benzene rings is 2. The van der Waals surface area contributed by atoms with E-state index in [0.717, 1.165) is 43.1 Å². The van der Waals surface area contributed by atoms with E-state index >= 15 is 0 Å². The minimum Gasteiger partial charge on any atom is -0.356 e. The Kier molecular flexibility index (Phi) is 4.77. The topological polar surface area (TPSA) is 79.4 Å². The van der Waals surface area contributed by atoms with Gasteiger partial charge in [0.25, 0.3) is 5.91 Å². The van der Waals surface area contributed by atoms with Crippen LogP contribution in [-0.2, 0) is 9.84 Å². The number of sulfone groups is 1. The van der Waals surface area contributed by atoms with E-state index < -0.39 is 9.84 Å². The van der Waals surface area contributed by atoms with Gasteiger partial charge in [0.15, 0.2) is 9.84 Å². The lowest BCUT2D eigenvalue weighted by atomic mass is 10.1. The maximum atomic E-state index is 13.1. The summed E-state index contributed by atoms with van der Waals surface area (Å²) in [5, 5.41) is 3.72. The Balaban J connectivity index is 1.73. The minimum absolute atomic E-state index is 0.168.